The molecule has 10 heavy (non-hydrogen) atoms. The molecule has 0 aromatic rings. The van der Waals surface area contributed by atoms with Crippen LogP contribution in [0.2, 0.25) is 0 Å². The smallest absolute Gasteiger partial charge is 0.367 e. The Morgan fingerprint density at radius 2 is 2.00 bits per heavy atom. The number of rotatable bonds is 5. The van der Waals surface area contributed by atoms with Gasteiger partial charge in [0.05, 0.1) is 0 Å². The van der Waals surface area contributed by atoms with E-state index in [0.29, 0.717) is 6.61 Å². The van der Waals surface area contributed by atoms with E-state index < -0.39 is 9.05 Å². The van der Waals surface area contributed by atoms with E-state index in [0.717, 1.165) is 12.8 Å². The molecule has 0 aliphatic heterocycles. The molecule has 0 atom stereocenters. The Labute approximate surface area is 61.9 Å². The molecule has 0 fully saturated rings. The molecule has 0 unspecified atom stereocenters. The molecule has 0 radical (unpaired) electrons. The number of hydrogen-bond donors (Lipinski definition) is 2. The minimum absolute atomic E-state index is 0.351. The first kappa shape index (κ1) is 10.1. The summed E-state index contributed by atoms with van der Waals surface area (Å²) in [4.78, 5) is 17.6. The number of unbranched alkanes of at least 4 members (excludes halogenated alkanes) is 1. The van der Waals surface area contributed by atoms with Gasteiger partial charge in [0.2, 0.25) is 0 Å². The second-order valence-corrected chi connectivity index (χ2v) is 3.75. The zero-order valence-corrected chi connectivity index (χ0v) is 7.33. The largest absolute Gasteiger partial charge is 0.673 e. The normalized spacial score (nSPS) is 12.0. The topological polar surface area (TPSA) is 58.9 Å². The molecule has 0 saturated heterocycles. The SMILES string of the molecule is CCCCO[Si](O)(O)OC. The zero-order chi connectivity index (χ0) is 8.04. The molecule has 0 saturated carbocycles. The Morgan fingerprint density at radius 3 is 2.40 bits per heavy atom. The fraction of sp³-hybridized carbons (Fsp3) is 1.00. The van der Waals surface area contributed by atoms with Crippen LogP contribution in [0.4, 0.5) is 0 Å². The van der Waals surface area contributed by atoms with Crippen LogP contribution >= 0.6 is 0 Å². The Kier molecular flexibility index (Phi) is 4.84. The first-order chi connectivity index (χ1) is 4.62. The maximum Gasteiger partial charge on any atom is 0.673 e. The van der Waals surface area contributed by atoms with Crippen molar-refractivity contribution in [3.8, 4) is 0 Å². The molecule has 2 N–H and O–H groups in total. The molecule has 0 aliphatic carbocycles. The third-order valence-electron chi connectivity index (χ3n) is 1.05. The van der Waals surface area contributed by atoms with Crippen LogP contribution in [0.1, 0.15) is 19.8 Å². The maximum absolute atomic E-state index is 8.80. The summed E-state index contributed by atoms with van der Waals surface area (Å²) in [6.07, 6.45) is 1.79. The summed E-state index contributed by atoms with van der Waals surface area (Å²) in [6, 6.07) is 0. The summed E-state index contributed by atoms with van der Waals surface area (Å²) in [5.41, 5.74) is 0. The molecule has 0 heterocycles. The molecular weight excluding hydrogens is 152 g/mol. The molecule has 0 aromatic heterocycles. The second kappa shape index (κ2) is 4.81. The maximum atomic E-state index is 8.80. The molecule has 0 bridgehead atoms. The lowest BCUT2D eigenvalue weighted by Gasteiger charge is -2.13. The molecule has 62 valence electrons. The van der Waals surface area contributed by atoms with E-state index in [2.05, 4.69) is 8.85 Å². The Hall–Kier alpha value is 0.0569. The minimum Gasteiger partial charge on any atom is -0.367 e. The summed E-state index contributed by atoms with van der Waals surface area (Å²) in [5, 5.41) is 0. The summed E-state index contributed by atoms with van der Waals surface area (Å²) >= 11 is 0. The Bertz CT molecular complexity index is 85.7. The predicted molar refractivity (Wildman–Crippen MR) is 38.1 cm³/mol. The molecule has 5 heteroatoms. The zero-order valence-electron chi connectivity index (χ0n) is 6.33. The van der Waals surface area contributed by atoms with Crippen LogP contribution in [0.3, 0.4) is 0 Å². The van der Waals surface area contributed by atoms with Crippen molar-refractivity contribution in [1.82, 2.24) is 0 Å². The van der Waals surface area contributed by atoms with Crippen molar-refractivity contribution in [3.63, 3.8) is 0 Å². The lowest BCUT2D eigenvalue weighted by molar-refractivity contribution is 0.0414. The van der Waals surface area contributed by atoms with Crippen molar-refractivity contribution in [2.24, 2.45) is 0 Å². The average molecular weight is 166 g/mol. The van der Waals surface area contributed by atoms with Gasteiger partial charge in [-0.2, -0.15) is 0 Å². The van der Waals surface area contributed by atoms with Crippen molar-refractivity contribution in [1.29, 1.82) is 0 Å². The predicted octanol–water partition coefficient (Wildman–Crippen LogP) is -0.130. The highest BCUT2D eigenvalue weighted by Crippen LogP contribution is 1.97. The molecule has 0 aromatic carbocycles. The fourth-order valence-corrected chi connectivity index (χ4v) is 0.936. The van der Waals surface area contributed by atoms with Gasteiger partial charge in [0.15, 0.2) is 0 Å². The van der Waals surface area contributed by atoms with Gasteiger partial charge in [-0.05, 0) is 6.42 Å². The van der Waals surface area contributed by atoms with Crippen LogP contribution in [0.15, 0.2) is 0 Å². The molecule has 0 rings (SSSR count). The van der Waals surface area contributed by atoms with Gasteiger partial charge in [-0.1, -0.05) is 13.3 Å². The van der Waals surface area contributed by atoms with Crippen LogP contribution in [0, 0.1) is 0 Å². The minimum atomic E-state index is -3.71. The lowest BCUT2D eigenvalue weighted by Crippen LogP contribution is -2.41. The van der Waals surface area contributed by atoms with Crippen LogP contribution < -0.4 is 0 Å². The van der Waals surface area contributed by atoms with Crippen LogP contribution in [-0.4, -0.2) is 32.4 Å². The summed E-state index contributed by atoms with van der Waals surface area (Å²) in [7, 11) is -2.49. The molecule has 0 spiro atoms. The van der Waals surface area contributed by atoms with Gasteiger partial charge < -0.3 is 18.4 Å². The molecule has 4 nitrogen and oxygen atoms in total. The van der Waals surface area contributed by atoms with Gasteiger partial charge in [0.1, 0.15) is 0 Å². The second-order valence-electron chi connectivity index (χ2n) is 1.95. The van der Waals surface area contributed by atoms with Gasteiger partial charge in [-0.15, -0.1) is 0 Å². The third-order valence-corrected chi connectivity index (χ3v) is 2.17. The van der Waals surface area contributed by atoms with Gasteiger partial charge in [0.25, 0.3) is 0 Å². The Morgan fingerprint density at radius 1 is 1.40 bits per heavy atom. The van der Waals surface area contributed by atoms with E-state index in [9.17, 15) is 0 Å². The van der Waals surface area contributed by atoms with Gasteiger partial charge in [0, 0.05) is 13.7 Å². The van der Waals surface area contributed by atoms with Gasteiger partial charge >= 0.3 is 9.05 Å². The summed E-state index contributed by atoms with van der Waals surface area (Å²) in [5.74, 6) is 0. The van der Waals surface area contributed by atoms with Gasteiger partial charge in [-0.3, -0.25) is 0 Å². The van der Waals surface area contributed by atoms with E-state index >= 15 is 0 Å². The molecular formula is C5H14O4Si. The van der Waals surface area contributed by atoms with Crippen molar-refractivity contribution in [2.45, 2.75) is 19.8 Å². The number of hydrogen-bond acceptors (Lipinski definition) is 4. The molecule has 0 amide bonds. The van der Waals surface area contributed by atoms with Crippen molar-refractivity contribution < 1.29 is 18.4 Å². The third kappa shape index (κ3) is 4.89. The lowest BCUT2D eigenvalue weighted by atomic mass is 10.4. The van der Waals surface area contributed by atoms with E-state index in [-0.39, 0.29) is 0 Å². The Balaban J connectivity index is 3.28. The van der Waals surface area contributed by atoms with Gasteiger partial charge in [-0.25, -0.2) is 0 Å². The van der Waals surface area contributed by atoms with Crippen molar-refractivity contribution >= 4 is 9.05 Å². The molecule has 0 aliphatic rings. The van der Waals surface area contributed by atoms with E-state index in [1.54, 1.807) is 0 Å². The summed E-state index contributed by atoms with van der Waals surface area (Å²) in [6.45, 7) is 2.34. The standard InChI is InChI=1S/C5H14O4Si/c1-3-4-5-9-10(6,7)8-2/h6-7H,3-5H2,1-2H3. The van der Waals surface area contributed by atoms with Crippen LogP contribution in [-0.2, 0) is 8.85 Å². The highest BCUT2D eigenvalue weighted by molar-refractivity contribution is 6.50. The first-order valence-electron chi connectivity index (χ1n) is 3.26. The fourth-order valence-electron chi connectivity index (χ4n) is 0.408. The first-order valence-corrected chi connectivity index (χ1v) is 4.97. The van der Waals surface area contributed by atoms with Crippen molar-refractivity contribution in [2.75, 3.05) is 13.7 Å². The summed E-state index contributed by atoms with van der Waals surface area (Å²) < 4.78 is 8.96. The van der Waals surface area contributed by atoms with Crippen LogP contribution in [0.25, 0.3) is 0 Å². The van der Waals surface area contributed by atoms with E-state index in [1.807, 2.05) is 6.92 Å². The average Bonchev–Trinajstić information content (AvgIpc) is 1.89. The van der Waals surface area contributed by atoms with Crippen molar-refractivity contribution in [3.05, 3.63) is 0 Å². The highest BCUT2D eigenvalue weighted by Gasteiger charge is 2.33. The van der Waals surface area contributed by atoms with Crippen LogP contribution in [0.5, 0.6) is 0 Å². The monoisotopic (exact) mass is 166 g/mol. The quantitative estimate of drug-likeness (QED) is 0.441. The van der Waals surface area contributed by atoms with E-state index in [1.165, 1.54) is 7.11 Å². The highest BCUT2D eigenvalue weighted by atomic mass is 28.4. The van der Waals surface area contributed by atoms with E-state index in [4.69, 9.17) is 9.59 Å².